The number of carbonyl (C=O) groups is 1. The molecule has 0 saturated carbocycles. The molecule has 4 rings (SSSR count). The van der Waals surface area contributed by atoms with Crippen molar-refractivity contribution < 1.29 is 4.79 Å². The Bertz CT molecular complexity index is 1090. The van der Waals surface area contributed by atoms with Crippen LogP contribution in [0.4, 0.5) is 5.69 Å². The molecule has 0 saturated heterocycles. The van der Waals surface area contributed by atoms with Crippen molar-refractivity contribution in [3.63, 3.8) is 0 Å². The monoisotopic (exact) mass is 393 g/mol. The van der Waals surface area contributed by atoms with Crippen molar-refractivity contribution in [1.29, 1.82) is 0 Å². The Morgan fingerprint density at radius 3 is 2.75 bits per heavy atom. The molecule has 0 spiro atoms. The number of hydrogen-bond acceptors (Lipinski definition) is 4. The van der Waals surface area contributed by atoms with E-state index in [1.165, 1.54) is 17.3 Å². The molecule has 6 heteroatoms. The molecule has 1 aliphatic rings. The summed E-state index contributed by atoms with van der Waals surface area (Å²) >= 11 is 1.37. The van der Waals surface area contributed by atoms with Gasteiger partial charge in [-0.15, -0.1) is 0 Å². The second-order valence-electron chi connectivity index (χ2n) is 7.00. The number of carbonyl (C=O) groups excluding carboxylic acids is 1. The van der Waals surface area contributed by atoms with E-state index in [1.807, 2.05) is 55.1 Å². The fourth-order valence-electron chi connectivity index (χ4n) is 3.65. The fraction of sp³-hybridized carbons (Fsp3) is 0.318. The van der Waals surface area contributed by atoms with Crippen molar-refractivity contribution >= 4 is 34.3 Å². The van der Waals surface area contributed by atoms with E-state index in [9.17, 15) is 9.59 Å². The number of rotatable bonds is 5. The van der Waals surface area contributed by atoms with Gasteiger partial charge in [-0.2, -0.15) is 0 Å². The first-order chi connectivity index (χ1) is 13.6. The lowest BCUT2D eigenvalue weighted by molar-refractivity contribution is -0.117. The van der Waals surface area contributed by atoms with Gasteiger partial charge in [0.05, 0.1) is 16.2 Å². The van der Waals surface area contributed by atoms with Gasteiger partial charge in [0.25, 0.3) is 5.56 Å². The summed E-state index contributed by atoms with van der Waals surface area (Å²) in [4.78, 5) is 32.6. The number of thioether (sulfide) groups is 1. The Hall–Kier alpha value is -2.60. The number of aromatic nitrogens is 2. The molecule has 0 bridgehead atoms. The highest BCUT2D eigenvalue weighted by molar-refractivity contribution is 8.00. The van der Waals surface area contributed by atoms with Crippen LogP contribution in [0.15, 0.2) is 58.5 Å². The summed E-state index contributed by atoms with van der Waals surface area (Å²) in [6, 6.07) is 15.4. The second kappa shape index (κ2) is 7.80. The Labute approximate surface area is 168 Å². The van der Waals surface area contributed by atoms with Crippen LogP contribution in [0.5, 0.6) is 0 Å². The van der Waals surface area contributed by atoms with Crippen LogP contribution in [0.25, 0.3) is 10.9 Å². The topological polar surface area (TPSA) is 55.2 Å². The van der Waals surface area contributed by atoms with Gasteiger partial charge in [0, 0.05) is 18.8 Å². The van der Waals surface area contributed by atoms with Gasteiger partial charge in [-0.05, 0) is 43.5 Å². The molecule has 28 heavy (non-hydrogen) atoms. The minimum atomic E-state index is -0.331. The van der Waals surface area contributed by atoms with Crippen LogP contribution in [0.2, 0.25) is 0 Å². The molecule has 0 radical (unpaired) electrons. The Balaban J connectivity index is 1.65. The van der Waals surface area contributed by atoms with E-state index in [1.54, 1.807) is 10.6 Å². The zero-order valence-corrected chi connectivity index (χ0v) is 16.9. The molecule has 2 heterocycles. The quantitative estimate of drug-likeness (QED) is 0.488. The van der Waals surface area contributed by atoms with Crippen molar-refractivity contribution in [1.82, 2.24) is 9.55 Å². The van der Waals surface area contributed by atoms with Gasteiger partial charge in [-0.1, -0.05) is 49.0 Å². The van der Waals surface area contributed by atoms with Crippen LogP contribution in [-0.2, 0) is 17.8 Å². The summed E-state index contributed by atoms with van der Waals surface area (Å²) in [6.07, 6.45) is 1.71. The lowest BCUT2D eigenvalue weighted by atomic mass is 10.2. The van der Waals surface area contributed by atoms with E-state index in [0.29, 0.717) is 29.1 Å². The molecule has 0 N–H and O–H groups in total. The van der Waals surface area contributed by atoms with Gasteiger partial charge in [-0.25, -0.2) is 4.98 Å². The highest BCUT2D eigenvalue weighted by Crippen LogP contribution is 2.31. The van der Waals surface area contributed by atoms with Gasteiger partial charge >= 0.3 is 0 Å². The lowest BCUT2D eigenvalue weighted by Crippen LogP contribution is -2.35. The minimum Gasteiger partial charge on any atom is -0.311 e. The summed E-state index contributed by atoms with van der Waals surface area (Å²) in [7, 11) is 0. The molecule has 1 atom stereocenters. The minimum absolute atomic E-state index is 0.0406. The summed E-state index contributed by atoms with van der Waals surface area (Å²) in [5, 5.41) is 0.897. The fourth-order valence-corrected chi connectivity index (χ4v) is 4.65. The third kappa shape index (κ3) is 3.33. The predicted octanol–water partition coefficient (Wildman–Crippen LogP) is 3.88. The molecule has 0 unspecified atom stereocenters. The Morgan fingerprint density at radius 1 is 1.18 bits per heavy atom. The van der Waals surface area contributed by atoms with Crippen molar-refractivity contribution in [2.75, 3.05) is 11.4 Å². The maximum absolute atomic E-state index is 13.1. The number of fused-ring (bicyclic) bond motifs is 2. The second-order valence-corrected chi connectivity index (χ2v) is 8.30. The normalized spacial score (nSPS) is 14.3. The number of benzene rings is 2. The number of anilines is 1. The highest BCUT2D eigenvalue weighted by Gasteiger charge is 2.29. The molecular weight excluding hydrogens is 370 g/mol. The standard InChI is InChI=1S/C22H23N3O2S/c1-3-13-25-21(27)17-9-5-6-10-18(17)23-22(25)28-15(2)20(26)24-14-12-16-8-4-7-11-19(16)24/h4-11,15H,3,12-14H2,1-2H3/t15-/m0/s1. The molecule has 144 valence electrons. The molecule has 1 aromatic heterocycles. The molecule has 3 aromatic rings. The zero-order valence-electron chi connectivity index (χ0n) is 16.1. The number of nitrogens with zero attached hydrogens (tertiary/aromatic N) is 3. The Morgan fingerprint density at radius 2 is 1.93 bits per heavy atom. The average Bonchev–Trinajstić information content (AvgIpc) is 3.14. The largest absolute Gasteiger partial charge is 0.311 e. The zero-order chi connectivity index (χ0) is 19.7. The predicted molar refractivity (Wildman–Crippen MR) is 114 cm³/mol. The van der Waals surface area contributed by atoms with Crippen molar-refractivity contribution in [3.8, 4) is 0 Å². The first-order valence-electron chi connectivity index (χ1n) is 9.65. The van der Waals surface area contributed by atoms with Crippen LogP contribution in [0.1, 0.15) is 25.8 Å². The SMILES string of the molecule is CCCn1c(S[C@@H](C)C(=O)N2CCc3ccccc32)nc2ccccc2c1=O. The lowest BCUT2D eigenvalue weighted by Gasteiger charge is -2.22. The summed E-state index contributed by atoms with van der Waals surface area (Å²) < 4.78 is 1.70. The molecule has 2 aromatic carbocycles. The average molecular weight is 394 g/mol. The van der Waals surface area contributed by atoms with E-state index in [-0.39, 0.29) is 16.7 Å². The van der Waals surface area contributed by atoms with Crippen molar-refractivity contribution in [2.45, 2.75) is 43.6 Å². The van der Waals surface area contributed by atoms with E-state index in [4.69, 9.17) is 4.98 Å². The Kier molecular flexibility index (Phi) is 5.22. The van der Waals surface area contributed by atoms with E-state index >= 15 is 0 Å². The number of hydrogen-bond donors (Lipinski definition) is 0. The van der Waals surface area contributed by atoms with Gasteiger partial charge in [0.15, 0.2) is 5.16 Å². The molecule has 0 aliphatic carbocycles. The van der Waals surface area contributed by atoms with E-state index < -0.39 is 0 Å². The van der Waals surface area contributed by atoms with Gasteiger partial charge in [0.1, 0.15) is 0 Å². The molecule has 1 amide bonds. The van der Waals surface area contributed by atoms with Crippen LogP contribution in [0.3, 0.4) is 0 Å². The highest BCUT2D eigenvalue weighted by atomic mass is 32.2. The summed E-state index contributed by atoms with van der Waals surface area (Å²) in [5.41, 5.74) is 2.84. The molecule has 5 nitrogen and oxygen atoms in total. The summed E-state index contributed by atoms with van der Waals surface area (Å²) in [6.45, 7) is 5.22. The smallest absolute Gasteiger partial charge is 0.262 e. The van der Waals surface area contributed by atoms with Crippen LogP contribution >= 0.6 is 11.8 Å². The van der Waals surface area contributed by atoms with E-state index in [2.05, 4.69) is 6.07 Å². The van der Waals surface area contributed by atoms with Crippen molar-refractivity contribution in [2.24, 2.45) is 0 Å². The van der Waals surface area contributed by atoms with Crippen LogP contribution < -0.4 is 10.5 Å². The van der Waals surface area contributed by atoms with Gasteiger partial charge in [0.2, 0.25) is 5.91 Å². The molecule has 0 fully saturated rings. The third-order valence-corrected chi connectivity index (χ3v) is 6.13. The molecule has 1 aliphatic heterocycles. The number of amides is 1. The van der Waals surface area contributed by atoms with Crippen LogP contribution in [-0.4, -0.2) is 27.3 Å². The van der Waals surface area contributed by atoms with Crippen molar-refractivity contribution in [3.05, 3.63) is 64.4 Å². The van der Waals surface area contributed by atoms with Gasteiger partial charge < -0.3 is 4.90 Å². The maximum Gasteiger partial charge on any atom is 0.262 e. The third-order valence-electron chi connectivity index (χ3n) is 5.06. The van der Waals surface area contributed by atoms with Gasteiger partial charge in [-0.3, -0.25) is 14.2 Å². The number of para-hydroxylation sites is 2. The van der Waals surface area contributed by atoms with E-state index in [0.717, 1.165) is 18.5 Å². The first-order valence-corrected chi connectivity index (χ1v) is 10.5. The maximum atomic E-state index is 13.1. The van der Waals surface area contributed by atoms with Crippen LogP contribution in [0, 0.1) is 0 Å². The summed E-state index contributed by atoms with van der Waals surface area (Å²) in [5.74, 6) is 0.0559. The molecular formula is C22H23N3O2S. The first kappa shape index (κ1) is 18.7.